The fraction of sp³-hybridized carbons (Fsp3) is 0.400. The molecule has 0 aliphatic heterocycles. The van der Waals surface area contributed by atoms with Crippen LogP contribution in [0.25, 0.3) is 11.3 Å². The number of nitrogens with one attached hydrogen (secondary N) is 2. The maximum absolute atomic E-state index is 12.3. The van der Waals surface area contributed by atoms with Crippen LogP contribution in [0.5, 0.6) is 0 Å². The van der Waals surface area contributed by atoms with Gasteiger partial charge in [0.15, 0.2) is 0 Å². The van der Waals surface area contributed by atoms with E-state index < -0.39 is 17.1 Å². The Morgan fingerprint density at radius 2 is 2.04 bits per heavy atom. The molecule has 0 unspecified atom stereocenters. The highest BCUT2D eigenvalue weighted by Crippen LogP contribution is 2.19. The summed E-state index contributed by atoms with van der Waals surface area (Å²) in [5.41, 5.74) is 1.22. The van der Waals surface area contributed by atoms with Crippen LogP contribution in [0.2, 0.25) is 0 Å². The SMILES string of the molecule is CC[C@@H](C)[C@](C)(O)CNC(=O)c1ccc(-c2cccc(C)c2)[nH]c1=O. The largest absolute Gasteiger partial charge is 0.388 e. The third kappa shape index (κ3) is 4.57. The van der Waals surface area contributed by atoms with Crippen molar-refractivity contribution in [2.24, 2.45) is 5.92 Å². The lowest BCUT2D eigenvalue weighted by atomic mass is 9.88. The van der Waals surface area contributed by atoms with E-state index >= 15 is 0 Å². The summed E-state index contributed by atoms with van der Waals surface area (Å²) in [5, 5.41) is 13.0. The standard InChI is InChI=1S/C20H26N2O3/c1-5-14(3)20(4,25)12-21-18(23)16-9-10-17(22-19(16)24)15-8-6-7-13(2)11-15/h6-11,14,25H,5,12H2,1-4H3,(H,21,23)(H,22,24)/t14-,20-/m1/s1. The van der Waals surface area contributed by atoms with Crippen LogP contribution < -0.4 is 10.9 Å². The Morgan fingerprint density at radius 3 is 2.64 bits per heavy atom. The number of benzene rings is 1. The third-order valence-corrected chi connectivity index (χ3v) is 4.76. The number of hydrogen-bond donors (Lipinski definition) is 3. The van der Waals surface area contributed by atoms with Crippen molar-refractivity contribution >= 4 is 5.91 Å². The van der Waals surface area contributed by atoms with Gasteiger partial charge in [0.05, 0.1) is 5.60 Å². The van der Waals surface area contributed by atoms with E-state index in [0.29, 0.717) is 5.69 Å². The number of pyridine rings is 1. The minimum Gasteiger partial charge on any atom is -0.388 e. The molecule has 0 aliphatic rings. The Morgan fingerprint density at radius 1 is 1.32 bits per heavy atom. The zero-order chi connectivity index (χ0) is 18.6. The highest BCUT2D eigenvalue weighted by Gasteiger charge is 2.27. The number of aromatic amines is 1. The molecule has 3 N–H and O–H groups in total. The van der Waals surface area contributed by atoms with Crippen LogP contribution in [-0.4, -0.2) is 28.1 Å². The van der Waals surface area contributed by atoms with Crippen molar-refractivity contribution in [3.8, 4) is 11.3 Å². The lowest BCUT2D eigenvalue weighted by Gasteiger charge is -2.29. The molecule has 0 fully saturated rings. The molecule has 2 atom stereocenters. The second-order valence-corrected chi connectivity index (χ2v) is 6.83. The van der Waals surface area contributed by atoms with Gasteiger partial charge in [-0.15, -0.1) is 0 Å². The van der Waals surface area contributed by atoms with E-state index in [1.165, 1.54) is 6.07 Å². The maximum atomic E-state index is 12.3. The Labute approximate surface area is 148 Å². The Hall–Kier alpha value is -2.40. The summed E-state index contributed by atoms with van der Waals surface area (Å²) in [5.74, 6) is -0.449. The first-order chi connectivity index (χ1) is 11.7. The fourth-order valence-corrected chi connectivity index (χ4v) is 2.60. The number of hydrogen-bond acceptors (Lipinski definition) is 3. The van der Waals surface area contributed by atoms with Gasteiger partial charge in [-0.3, -0.25) is 9.59 Å². The van der Waals surface area contributed by atoms with Crippen molar-refractivity contribution in [3.05, 3.63) is 57.9 Å². The summed E-state index contributed by atoms with van der Waals surface area (Å²) < 4.78 is 0. The molecule has 5 nitrogen and oxygen atoms in total. The normalized spacial score (nSPS) is 14.6. The quantitative estimate of drug-likeness (QED) is 0.755. The highest BCUT2D eigenvalue weighted by molar-refractivity contribution is 5.94. The van der Waals surface area contributed by atoms with E-state index in [1.807, 2.05) is 45.0 Å². The molecule has 5 heteroatoms. The van der Waals surface area contributed by atoms with Crippen LogP contribution in [0.3, 0.4) is 0 Å². The number of aromatic nitrogens is 1. The average molecular weight is 342 g/mol. The summed E-state index contributed by atoms with van der Waals surface area (Å²) in [4.78, 5) is 27.3. The number of amides is 1. The minimum absolute atomic E-state index is 0.0368. The Kier molecular flexibility index (Phi) is 5.80. The number of aryl methyl sites for hydroxylation is 1. The summed E-state index contributed by atoms with van der Waals surface area (Å²) in [6.45, 7) is 7.67. The highest BCUT2D eigenvalue weighted by atomic mass is 16.3. The molecule has 1 amide bonds. The van der Waals surface area contributed by atoms with Gasteiger partial charge >= 0.3 is 0 Å². The third-order valence-electron chi connectivity index (χ3n) is 4.76. The number of H-pyrrole nitrogens is 1. The van der Waals surface area contributed by atoms with Gasteiger partial charge in [0.2, 0.25) is 0 Å². The molecule has 0 saturated heterocycles. The van der Waals surface area contributed by atoms with Crippen LogP contribution in [0.1, 0.15) is 43.1 Å². The predicted molar refractivity (Wildman–Crippen MR) is 99.6 cm³/mol. The average Bonchev–Trinajstić information content (AvgIpc) is 2.58. The summed E-state index contributed by atoms with van der Waals surface area (Å²) >= 11 is 0. The van der Waals surface area contributed by atoms with E-state index in [-0.39, 0.29) is 18.0 Å². The van der Waals surface area contributed by atoms with Gasteiger partial charge in [-0.25, -0.2) is 0 Å². The first-order valence-electron chi connectivity index (χ1n) is 8.55. The fourth-order valence-electron chi connectivity index (χ4n) is 2.60. The molecule has 0 saturated carbocycles. The Balaban J connectivity index is 2.15. The lowest BCUT2D eigenvalue weighted by Crippen LogP contribution is -2.45. The molecular weight excluding hydrogens is 316 g/mol. The van der Waals surface area contributed by atoms with Crippen LogP contribution in [0, 0.1) is 12.8 Å². The lowest BCUT2D eigenvalue weighted by molar-refractivity contribution is 0.00591. The maximum Gasteiger partial charge on any atom is 0.261 e. The van der Waals surface area contributed by atoms with Gasteiger partial charge in [0, 0.05) is 12.2 Å². The molecule has 1 aromatic heterocycles. The summed E-state index contributed by atoms with van der Waals surface area (Å²) in [7, 11) is 0. The molecule has 0 spiro atoms. The van der Waals surface area contributed by atoms with E-state index in [0.717, 1.165) is 17.5 Å². The van der Waals surface area contributed by atoms with Gasteiger partial charge in [0.25, 0.3) is 11.5 Å². The zero-order valence-electron chi connectivity index (χ0n) is 15.2. The van der Waals surface area contributed by atoms with Crippen molar-refractivity contribution in [1.82, 2.24) is 10.3 Å². The van der Waals surface area contributed by atoms with Gasteiger partial charge in [-0.2, -0.15) is 0 Å². The molecule has 2 rings (SSSR count). The van der Waals surface area contributed by atoms with Gasteiger partial charge in [-0.05, 0) is 43.5 Å². The van der Waals surface area contributed by atoms with Gasteiger partial charge < -0.3 is 15.4 Å². The second kappa shape index (κ2) is 7.66. The topological polar surface area (TPSA) is 82.2 Å². The van der Waals surface area contributed by atoms with E-state index in [1.54, 1.807) is 13.0 Å². The second-order valence-electron chi connectivity index (χ2n) is 6.83. The molecule has 0 bridgehead atoms. The molecule has 0 radical (unpaired) electrons. The van der Waals surface area contributed by atoms with E-state index in [4.69, 9.17) is 0 Å². The smallest absolute Gasteiger partial charge is 0.261 e. The zero-order valence-corrected chi connectivity index (χ0v) is 15.2. The number of carbonyl (C=O) groups excluding carboxylic acids is 1. The molecule has 0 aliphatic carbocycles. The number of rotatable bonds is 6. The predicted octanol–water partition coefficient (Wildman–Crippen LogP) is 2.88. The monoisotopic (exact) mass is 342 g/mol. The Bertz CT molecular complexity index is 809. The van der Waals surface area contributed by atoms with Gasteiger partial charge in [-0.1, -0.05) is 44.0 Å². The van der Waals surface area contributed by atoms with Crippen molar-refractivity contribution in [3.63, 3.8) is 0 Å². The van der Waals surface area contributed by atoms with Crippen LogP contribution in [0.15, 0.2) is 41.2 Å². The van der Waals surface area contributed by atoms with Crippen LogP contribution in [0.4, 0.5) is 0 Å². The molecule has 1 aromatic carbocycles. The van der Waals surface area contributed by atoms with E-state index in [9.17, 15) is 14.7 Å². The van der Waals surface area contributed by atoms with Crippen molar-refractivity contribution in [2.75, 3.05) is 6.54 Å². The first-order valence-corrected chi connectivity index (χ1v) is 8.55. The van der Waals surface area contributed by atoms with E-state index in [2.05, 4.69) is 10.3 Å². The van der Waals surface area contributed by atoms with Crippen molar-refractivity contribution in [1.29, 1.82) is 0 Å². The first kappa shape index (κ1) is 18.9. The number of aliphatic hydroxyl groups is 1. The van der Waals surface area contributed by atoms with Crippen molar-refractivity contribution < 1.29 is 9.90 Å². The van der Waals surface area contributed by atoms with Crippen molar-refractivity contribution in [2.45, 2.75) is 39.7 Å². The molecule has 2 aromatic rings. The molecular formula is C20H26N2O3. The van der Waals surface area contributed by atoms with Gasteiger partial charge in [0.1, 0.15) is 5.56 Å². The van der Waals surface area contributed by atoms with Crippen LogP contribution >= 0.6 is 0 Å². The molecule has 25 heavy (non-hydrogen) atoms. The number of carbonyl (C=O) groups is 1. The minimum atomic E-state index is -1.02. The molecule has 134 valence electrons. The molecule has 1 heterocycles. The van der Waals surface area contributed by atoms with Crippen LogP contribution in [-0.2, 0) is 0 Å². The summed E-state index contributed by atoms with van der Waals surface area (Å²) in [6.07, 6.45) is 0.800. The summed E-state index contributed by atoms with van der Waals surface area (Å²) in [6, 6.07) is 11.0.